The maximum absolute atomic E-state index is 12.2. The van der Waals surface area contributed by atoms with Gasteiger partial charge in [0.05, 0.1) is 14.8 Å². The maximum atomic E-state index is 12.2. The predicted octanol–water partition coefficient (Wildman–Crippen LogP) is 5.49. The number of fused-ring (bicyclic) bond motifs is 1. The van der Waals surface area contributed by atoms with E-state index in [-0.39, 0.29) is 12.5 Å². The van der Waals surface area contributed by atoms with E-state index in [2.05, 4.69) is 28.5 Å². The molecule has 4 nitrogen and oxygen atoms in total. The Labute approximate surface area is 171 Å². The molecule has 27 heavy (non-hydrogen) atoms. The van der Waals surface area contributed by atoms with E-state index in [0.29, 0.717) is 15.5 Å². The number of anilines is 1. The highest BCUT2D eigenvalue weighted by atomic mass is 32.2. The number of ether oxygens (including phenoxy) is 1. The van der Waals surface area contributed by atoms with Crippen LogP contribution in [0.2, 0.25) is 0 Å². The number of hydrogen-bond acceptors (Lipinski definition) is 6. The minimum absolute atomic E-state index is 0.0266. The molecule has 0 radical (unpaired) electrons. The van der Waals surface area contributed by atoms with Crippen molar-refractivity contribution in [3.05, 3.63) is 53.6 Å². The van der Waals surface area contributed by atoms with Gasteiger partial charge in [0.1, 0.15) is 5.75 Å². The Balaban J connectivity index is 1.31. The Morgan fingerprint density at radius 3 is 2.74 bits per heavy atom. The van der Waals surface area contributed by atoms with E-state index in [1.165, 1.54) is 40.4 Å². The molecule has 0 atom stereocenters. The second-order valence-electron chi connectivity index (χ2n) is 6.32. The van der Waals surface area contributed by atoms with Crippen molar-refractivity contribution in [1.82, 2.24) is 4.98 Å². The molecule has 1 aliphatic heterocycles. The molecule has 1 aromatic heterocycles. The van der Waals surface area contributed by atoms with Gasteiger partial charge < -0.3 is 4.74 Å². The van der Waals surface area contributed by atoms with E-state index in [4.69, 9.17) is 4.74 Å². The minimum Gasteiger partial charge on any atom is -0.484 e. The summed E-state index contributed by atoms with van der Waals surface area (Å²) in [5.74, 6) is 2.95. The molecule has 140 valence electrons. The number of carbonyl (C=O) groups is 1. The summed E-state index contributed by atoms with van der Waals surface area (Å²) in [4.78, 5) is 16.6. The molecule has 1 fully saturated rings. The fraction of sp³-hybridized carbons (Fsp3) is 0.300. The molecule has 1 amide bonds. The molecule has 1 saturated heterocycles. The van der Waals surface area contributed by atoms with Gasteiger partial charge in [0.25, 0.3) is 5.91 Å². The molecule has 1 N–H and O–H groups in total. The summed E-state index contributed by atoms with van der Waals surface area (Å²) in [6, 6.07) is 14.1. The quantitative estimate of drug-likeness (QED) is 0.596. The van der Waals surface area contributed by atoms with Crippen molar-refractivity contribution in [2.45, 2.75) is 17.9 Å². The van der Waals surface area contributed by atoms with Crippen LogP contribution in [0.3, 0.4) is 0 Å². The van der Waals surface area contributed by atoms with Crippen molar-refractivity contribution >= 4 is 56.1 Å². The van der Waals surface area contributed by atoms with E-state index in [0.717, 1.165) is 10.2 Å². The van der Waals surface area contributed by atoms with Gasteiger partial charge in [0.2, 0.25) is 0 Å². The first-order valence-corrected chi connectivity index (χ1v) is 11.7. The molecular formula is C20H20N2O2S3. The van der Waals surface area contributed by atoms with E-state index in [1.54, 1.807) is 0 Å². The largest absolute Gasteiger partial charge is 0.484 e. The zero-order valence-electron chi connectivity index (χ0n) is 14.9. The summed E-state index contributed by atoms with van der Waals surface area (Å²) >= 11 is 5.47. The van der Waals surface area contributed by atoms with Crippen LogP contribution in [0.25, 0.3) is 10.2 Å². The molecule has 0 unspecified atom stereocenters. The zero-order valence-corrected chi connectivity index (χ0v) is 17.4. The van der Waals surface area contributed by atoms with Crippen molar-refractivity contribution in [2.75, 3.05) is 23.4 Å². The SMILES string of the molecule is Cc1ccc2nc(NC(=O)COc3ccc(C4SCCCS4)cc3)sc2c1. The number of nitrogens with one attached hydrogen (secondary N) is 1. The number of nitrogens with zero attached hydrogens (tertiary/aromatic N) is 1. The van der Waals surface area contributed by atoms with E-state index in [9.17, 15) is 4.79 Å². The number of aromatic nitrogens is 1. The monoisotopic (exact) mass is 416 g/mol. The fourth-order valence-corrected chi connectivity index (χ4v) is 6.67. The van der Waals surface area contributed by atoms with E-state index in [1.807, 2.05) is 54.7 Å². The lowest BCUT2D eigenvalue weighted by Gasteiger charge is -2.21. The highest BCUT2D eigenvalue weighted by molar-refractivity contribution is 8.16. The number of benzene rings is 2. The van der Waals surface area contributed by atoms with Crippen molar-refractivity contribution in [3.63, 3.8) is 0 Å². The lowest BCUT2D eigenvalue weighted by atomic mass is 10.2. The predicted molar refractivity (Wildman–Crippen MR) is 117 cm³/mol. The fourth-order valence-electron chi connectivity index (χ4n) is 2.79. The number of rotatable bonds is 5. The Bertz CT molecular complexity index is 934. The van der Waals surface area contributed by atoms with Gasteiger partial charge in [-0.3, -0.25) is 10.1 Å². The molecule has 7 heteroatoms. The maximum Gasteiger partial charge on any atom is 0.264 e. The average molecular weight is 417 g/mol. The number of carbonyl (C=O) groups excluding carboxylic acids is 1. The highest BCUT2D eigenvalue weighted by Gasteiger charge is 2.16. The van der Waals surface area contributed by atoms with Gasteiger partial charge in [-0.1, -0.05) is 29.5 Å². The van der Waals surface area contributed by atoms with Crippen molar-refractivity contribution in [2.24, 2.45) is 0 Å². The number of amides is 1. The van der Waals surface area contributed by atoms with Gasteiger partial charge in [0.15, 0.2) is 11.7 Å². The third kappa shape index (κ3) is 4.78. The Morgan fingerprint density at radius 2 is 1.96 bits per heavy atom. The Hall–Kier alpha value is -1.70. The van der Waals surface area contributed by atoms with E-state index < -0.39 is 0 Å². The molecule has 0 saturated carbocycles. The average Bonchev–Trinajstić information content (AvgIpc) is 3.08. The highest BCUT2D eigenvalue weighted by Crippen LogP contribution is 2.43. The van der Waals surface area contributed by atoms with Crippen LogP contribution in [0.4, 0.5) is 5.13 Å². The lowest BCUT2D eigenvalue weighted by molar-refractivity contribution is -0.118. The summed E-state index contributed by atoms with van der Waals surface area (Å²) in [5, 5.41) is 3.42. The Morgan fingerprint density at radius 1 is 1.19 bits per heavy atom. The molecule has 0 bridgehead atoms. The van der Waals surface area contributed by atoms with Crippen LogP contribution < -0.4 is 10.1 Å². The van der Waals surface area contributed by atoms with Gasteiger partial charge in [-0.25, -0.2) is 4.98 Å². The van der Waals surface area contributed by atoms with Crippen LogP contribution in [0.15, 0.2) is 42.5 Å². The van der Waals surface area contributed by atoms with Crippen LogP contribution in [-0.4, -0.2) is 29.0 Å². The molecule has 4 rings (SSSR count). The van der Waals surface area contributed by atoms with Gasteiger partial charge in [-0.2, -0.15) is 0 Å². The van der Waals surface area contributed by atoms with Crippen LogP contribution in [0, 0.1) is 6.92 Å². The van der Waals surface area contributed by atoms with Crippen molar-refractivity contribution < 1.29 is 9.53 Å². The first kappa shape index (κ1) is 18.7. The molecule has 2 heterocycles. The standard InChI is InChI=1S/C20H20N2O2S3/c1-13-3-8-16-17(11-13)27-20(21-16)22-18(23)12-24-15-6-4-14(5-7-15)19-25-9-2-10-26-19/h3-8,11,19H,2,9-10,12H2,1H3,(H,21,22,23). The number of hydrogen-bond donors (Lipinski definition) is 1. The minimum atomic E-state index is -0.201. The van der Waals surface area contributed by atoms with E-state index >= 15 is 0 Å². The first-order chi connectivity index (χ1) is 13.2. The summed E-state index contributed by atoms with van der Waals surface area (Å²) in [5.41, 5.74) is 3.39. The van der Waals surface area contributed by atoms with Crippen LogP contribution in [-0.2, 0) is 4.79 Å². The Kier molecular flexibility index (Phi) is 5.90. The summed E-state index contributed by atoms with van der Waals surface area (Å²) in [6.45, 7) is 2.02. The normalized spacial score (nSPS) is 15.0. The zero-order chi connectivity index (χ0) is 18.6. The van der Waals surface area contributed by atoms with Crippen LogP contribution in [0.5, 0.6) is 5.75 Å². The van der Waals surface area contributed by atoms with Gasteiger partial charge in [-0.15, -0.1) is 23.5 Å². The third-order valence-corrected chi connectivity index (χ3v) is 8.09. The molecule has 3 aromatic rings. The van der Waals surface area contributed by atoms with Gasteiger partial charge in [0, 0.05) is 0 Å². The molecule has 0 spiro atoms. The number of thioether (sulfide) groups is 2. The van der Waals surface area contributed by atoms with Crippen LogP contribution in [0.1, 0.15) is 22.1 Å². The first-order valence-electron chi connectivity index (χ1n) is 8.80. The lowest BCUT2D eigenvalue weighted by Crippen LogP contribution is -2.20. The number of thiazole rings is 1. The molecule has 2 aromatic carbocycles. The van der Waals surface area contributed by atoms with Gasteiger partial charge >= 0.3 is 0 Å². The second kappa shape index (κ2) is 8.54. The van der Waals surface area contributed by atoms with Crippen molar-refractivity contribution in [1.29, 1.82) is 0 Å². The number of aryl methyl sites for hydroxylation is 1. The smallest absolute Gasteiger partial charge is 0.264 e. The van der Waals surface area contributed by atoms with Gasteiger partial charge in [-0.05, 0) is 60.2 Å². The summed E-state index contributed by atoms with van der Waals surface area (Å²) < 4.78 is 7.21. The second-order valence-corrected chi connectivity index (χ2v) is 10.1. The summed E-state index contributed by atoms with van der Waals surface area (Å²) in [7, 11) is 0. The van der Waals surface area contributed by atoms with Crippen LogP contribution >= 0.6 is 34.9 Å². The third-order valence-electron chi connectivity index (χ3n) is 4.14. The topological polar surface area (TPSA) is 51.2 Å². The molecule has 1 aliphatic rings. The molecule has 0 aliphatic carbocycles. The van der Waals surface area contributed by atoms with Crippen molar-refractivity contribution in [3.8, 4) is 5.75 Å². The summed E-state index contributed by atoms with van der Waals surface area (Å²) in [6.07, 6.45) is 1.29. The molecular weight excluding hydrogens is 396 g/mol.